The van der Waals surface area contributed by atoms with Crippen molar-refractivity contribution < 1.29 is 27.1 Å². The highest BCUT2D eigenvalue weighted by Crippen LogP contribution is 2.31. The first-order chi connectivity index (χ1) is 16.2. The van der Waals surface area contributed by atoms with Crippen molar-refractivity contribution >= 4 is 23.2 Å². The molecule has 0 aliphatic rings. The fourth-order valence-corrected chi connectivity index (χ4v) is 3.24. The van der Waals surface area contributed by atoms with Crippen LogP contribution in [0.4, 0.5) is 23.2 Å². The molecule has 2 aromatic carbocycles. The van der Waals surface area contributed by atoms with Gasteiger partial charge in [0.15, 0.2) is 12.4 Å². The van der Waals surface area contributed by atoms with E-state index < -0.39 is 23.5 Å². The molecule has 0 aliphatic carbocycles. The summed E-state index contributed by atoms with van der Waals surface area (Å²) in [7, 11) is 0. The zero-order chi connectivity index (χ0) is 24.3. The molecule has 0 spiro atoms. The van der Waals surface area contributed by atoms with Crippen LogP contribution in [0.2, 0.25) is 5.02 Å². The van der Waals surface area contributed by atoms with E-state index in [9.17, 15) is 22.4 Å². The second-order valence-corrected chi connectivity index (χ2v) is 7.53. The van der Waals surface area contributed by atoms with Gasteiger partial charge in [-0.3, -0.25) is 9.48 Å². The van der Waals surface area contributed by atoms with Crippen molar-refractivity contribution in [1.29, 1.82) is 0 Å². The minimum absolute atomic E-state index is 0.0127. The quantitative estimate of drug-likeness (QED) is 0.358. The predicted molar refractivity (Wildman–Crippen MR) is 115 cm³/mol. The van der Waals surface area contributed by atoms with Crippen LogP contribution < -0.4 is 10.1 Å². The van der Waals surface area contributed by atoms with Gasteiger partial charge in [-0.25, -0.2) is 9.07 Å². The molecule has 0 fully saturated rings. The van der Waals surface area contributed by atoms with Crippen LogP contribution in [0.1, 0.15) is 21.6 Å². The van der Waals surface area contributed by atoms with Crippen molar-refractivity contribution in [2.45, 2.75) is 19.5 Å². The van der Waals surface area contributed by atoms with E-state index in [0.29, 0.717) is 5.69 Å². The number of halogens is 5. The Kier molecular flexibility index (Phi) is 6.55. The molecule has 2 heterocycles. The van der Waals surface area contributed by atoms with Gasteiger partial charge in [0.05, 0.1) is 24.0 Å². The SMILES string of the molecule is O=C(Nc1cnn(Cc2c(F)cccc2Cl)c1)c1ccn(COc2cccc(C(F)(F)F)c2)n1. The number of alkyl halides is 3. The van der Waals surface area contributed by atoms with Crippen molar-refractivity contribution in [3.63, 3.8) is 0 Å². The second kappa shape index (κ2) is 9.56. The molecule has 4 aromatic rings. The predicted octanol–water partition coefficient (Wildman–Crippen LogP) is 5.23. The van der Waals surface area contributed by atoms with Gasteiger partial charge in [0, 0.05) is 23.0 Å². The zero-order valence-corrected chi connectivity index (χ0v) is 18.0. The van der Waals surface area contributed by atoms with Gasteiger partial charge < -0.3 is 10.1 Å². The molecule has 0 saturated heterocycles. The van der Waals surface area contributed by atoms with E-state index in [1.54, 1.807) is 6.07 Å². The molecule has 0 unspecified atom stereocenters. The van der Waals surface area contributed by atoms with Crippen molar-refractivity contribution in [3.8, 4) is 5.75 Å². The van der Waals surface area contributed by atoms with E-state index in [-0.39, 0.29) is 35.3 Å². The number of ether oxygens (including phenoxy) is 1. The Hall–Kier alpha value is -3.86. The first kappa shape index (κ1) is 23.3. The normalized spacial score (nSPS) is 11.4. The molecule has 34 heavy (non-hydrogen) atoms. The van der Waals surface area contributed by atoms with Gasteiger partial charge >= 0.3 is 6.18 Å². The Bertz CT molecular complexity index is 1300. The molecule has 0 atom stereocenters. The van der Waals surface area contributed by atoms with Crippen LogP contribution >= 0.6 is 11.6 Å². The van der Waals surface area contributed by atoms with E-state index >= 15 is 0 Å². The third kappa shape index (κ3) is 5.54. The lowest BCUT2D eigenvalue weighted by molar-refractivity contribution is -0.137. The number of benzene rings is 2. The van der Waals surface area contributed by atoms with Crippen LogP contribution in [-0.2, 0) is 19.5 Å². The first-order valence-corrected chi connectivity index (χ1v) is 10.2. The minimum Gasteiger partial charge on any atom is -0.471 e. The van der Waals surface area contributed by atoms with E-state index in [4.69, 9.17) is 16.3 Å². The Morgan fingerprint density at radius 1 is 1.12 bits per heavy atom. The summed E-state index contributed by atoms with van der Waals surface area (Å²) in [6, 6.07) is 10.2. The molecule has 2 aromatic heterocycles. The van der Waals surface area contributed by atoms with Crippen molar-refractivity contribution in [2.24, 2.45) is 0 Å². The van der Waals surface area contributed by atoms with Gasteiger partial charge in [-0.1, -0.05) is 23.7 Å². The summed E-state index contributed by atoms with van der Waals surface area (Å²) in [6.45, 7) is -0.126. The average Bonchev–Trinajstić information content (AvgIpc) is 3.44. The number of carbonyl (C=O) groups excluding carboxylic acids is 1. The lowest BCUT2D eigenvalue weighted by Crippen LogP contribution is -2.14. The highest BCUT2D eigenvalue weighted by molar-refractivity contribution is 6.31. The van der Waals surface area contributed by atoms with E-state index in [1.807, 2.05) is 0 Å². The maximum atomic E-state index is 14.0. The fraction of sp³-hybridized carbons (Fsp3) is 0.136. The molecule has 1 N–H and O–H groups in total. The smallest absolute Gasteiger partial charge is 0.416 e. The monoisotopic (exact) mass is 493 g/mol. The Balaban J connectivity index is 1.35. The van der Waals surface area contributed by atoms with Crippen LogP contribution in [0.15, 0.2) is 67.1 Å². The summed E-state index contributed by atoms with van der Waals surface area (Å²) in [5.74, 6) is -0.994. The molecule has 7 nitrogen and oxygen atoms in total. The minimum atomic E-state index is -4.48. The molecule has 176 valence electrons. The lowest BCUT2D eigenvalue weighted by atomic mass is 10.2. The van der Waals surface area contributed by atoms with E-state index in [1.165, 1.54) is 58.3 Å². The number of nitrogens with one attached hydrogen (secondary N) is 1. The van der Waals surface area contributed by atoms with Gasteiger partial charge in [0.25, 0.3) is 5.91 Å². The maximum Gasteiger partial charge on any atom is 0.416 e. The summed E-state index contributed by atoms with van der Waals surface area (Å²) >= 11 is 6.02. The van der Waals surface area contributed by atoms with Crippen LogP contribution in [-0.4, -0.2) is 25.5 Å². The molecule has 0 radical (unpaired) electrons. The van der Waals surface area contributed by atoms with Gasteiger partial charge in [0.2, 0.25) is 0 Å². The highest BCUT2D eigenvalue weighted by Gasteiger charge is 2.30. The fourth-order valence-electron chi connectivity index (χ4n) is 3.01. The third-order valence-electron chi connectivity index (χ3n) is 4.67. The lowest BCUT2D eigenvalue weighted by Gasteiger charge is -2.10. The summed E-state index contributed by atoms with van der Waals surface area (Å²) < 4.78 is 60.4. The molecule has 1 amide bonds. The third-order valence-corrected chi connectivity index (χ3v) is 5.03. The summed E-state index contributed by atoms with van der Waals surface area (Å²) in [4.78, 5) is 12.5. The van der Waals surface area contributed by atoms with E-state index in [2.05, 4.69) is 15.5 Å². The van der Waals surface area contributed by atoms with Crippen LogP contribution in [0.5, 0.6) is 5.75 Å². The molecule has 0 aliphatic heterocycles. The molecule has 0 saturated carbocycles. The van der Waals surface area contributed by atoms with Crippen molar-refractivity contribution in [3.05, 3.63) is 94.8 Å². The summed E-state index contributed by atoms with van der Waals surface area (Å²) in [6.07, 6.45) is -0.132. The zero-order valence-electron chi connectivity index (χ0n) is 17.3. The van der Waals surface area contributed by atoms with Gasteiger partial charge in [-0.05, 0) is 36.4 Å². The average molecular weight is 494 g/mol. The Labute approximate surface area is 195 Å². The number of amides is 1. The summed E-state index contributed by atoms with van der Waals surface area (Å²) in [5.41, 5.74) is -0.155. The Morgan fingerprint density at radius 2 is 1.91 bits per heavy atom. The summed E-state index contributed by atoms with van der Waals surface area (Å²) in [5, 5.41) is 11.0. The standard InChI is InChI=1S/C22H16ClF4N5O2/c23-18-5-2-6-19(24)17(18)12-32-11-15(10-28-32)29-21(33)20-7-8-31(30-20)13-34-16-4-1-3-14(9-16)22(25,26)27/h1-11H,12-13H2,(H,29,33). The first-order valence-electron chi connectivity index (χ1n) is 9.79. The molecule has 0 bridgehead atoms. The number of anilines is 1. The number of carbonyl (C=O) groups is 1. The highest BCUT2D eigenvalue weighted by atomic mass is 35.5. The van der Waals surface area contributed by atoms with Gasteiger partial charge in [0.1, 0.15) is 11.6 Å². The number of hydrogen-bond donors (Lipinski definition) is 1. The van der Waals surface area contributed by atoms with Gasteiger partial charge in [-0.2, -0.15) is 23.4 Å². The maximum absolute atomic E-state index is 14.0. The van der Waals surface area contributed by atoms with Crippen molar-refractivity contribution in [2.75, 3.05) is 5.32 Å². The van der Waals surface area contributed by atoms with Crippen LogP contribution in [0.3, 0.4) is 0 Å². The second-order valence-electron chi connectivity index (χ2n) is 7.12. The molecular formula is C22H16ClF4N5O2. The number of rotatable bonds is 7. The Morgan fingerprint density at radius 3 is 2.68 bits per heavy atom. The topological polar surface area (TPSA) is 74.0 Å². The molecule has 4 rings (SSSR count). The molecule has 12 heteroatoms. The van der Waals surface area contributed by atoms with Crippen LogP contribution in [0, 0.1) is 5.82 Å². The number of hydrogen-bond acceptors (Lipinski definition) is 4. The van der Waals surface area contributed by atoms with Crippen LogP contribution in [0.25, 0.3) is 0 Å². The number of nitrogens with zero attached hydrogens (tertiary/aromatic N) is 4. The largest absolute Gasteiger partial charge is 0.471 e. The van der Waals surface area contributed by atoms with E-state index in [0.717, 1.165) is 12.1 Å². The van der Waals surface area contributed by atoms with Gasteiger partial charge in [-0.15, -0.1) is 0 Å². The number of aromatic nitrogens is 4. The molecular weight excluding hydrogens is 478 g/mol. The van der Waals surface area contributed by atoms with Crippen molar-refractivity contribution in [1.82, 2.24) is 19.6 Å².